The number of carbonyl (C=O) groups is 2. The summed E-state index contributed by atoms with van der Waals surface area (Å²) in [6.45, 7) is 0.132. The molecule has 0 aliphatic carbocycles. The van der Waals surface area contributed by atoms with E-state index < -0.39 is 35.5 Å². The molecule has 3 heterocycles. The van der Waals surface area contributed by atoms with E-state index in [4.69, 9.17) is 21.3 Å². The number of carbonyl (C=O) groups excluding carboxylic acids is 1. The topological polar surface area (TPSA) is 197 Å². The van der Waals surface area contributed by atoms with Crippen LogP contribution in [0.5, 0.6) is 0 Å². The quantitative estimate of drug-likeness (QED) is 0.133. The number of guanidine groups is 2. The van der Waals surface area contributed by atoms with E-state index in [0.29, 0.717) is 0 Å². The van der Waals surface area contributed by atoms with Gasteiger partial charge >= 0.3 is 23.9 Å². The molecule has 3 unspecified atom stereocenters. The largest absolute Gasteiger partial charge is 0.481 e. The summed E-state index contributed by atoms with van der Waals surface area (Å²) in [6, 6.07) is -1.28. The summed E-state index contributed by atoms with van der Waals surface area (Å²) in [5.41, 5.74) is 10.4. The summed E-state index contributed by atoms with van der Waals surface area (Å²) in [5.74, 6) is -3.56. The molecule has 0 aromatic rings. The van der Waals surface area contributed by atoms with Gasteiger partial charge in [-0.15, -0.1) is 0 Å². The van der Waals surface area contributed by atoms with Gasteiger partial charge in [-0.1, -0.05) is 0 Å². The van der Waals surface area contributed by atoms with Crippen LogP contribution in [0.1, 0.15) is 19.3 Å². The van der Waals surface area contributed by atoms with Gasteiger partial charge in [-0.25, -0.2) is 9.89 Å². The average Bonchev–Trinajstić information content (AvgIpc) is 3.00. The van der Waals surface area contributed by atoms with Gasteiger partial charge in [-0.05, 0) is 0 Å². The van der Waals surface area contributed by atoms with Crippen LogP contribution in [0.2, 0.25) is 0 Å². The van der Waals surface area contributed by atoms with E-state index in [1.807, 2.05) is 0 Å². The Morgan fingerprint density at radius 3 is 2.76 bits per heavy atom. The van der Waals surface area contributed by atoms with Crippen LogP contribution in [-0.4, -0.2) is 80.4 Å². The molecule has 12 nitrogen and oxygen atoms in total. The third-order valence-electron chi connectivity index (χ3n) is 4.80. The Hall–Kier alpha value is -2.60. The number of nitrogens with one attached hydrogen (secondary N) is 3. The van der Waals surface area contributed by atoms with E-state index in [0.717, 1.165) is 0 Å². The van der Waals surface area contributed by atoms with Crippen molar-refractivity contribution in [3.8, 4) is 0 Å². The number of rotatable bonds is 5. The van der Waals surface area contributed by atoms with Gasteiger partial charge in [-0.2, -0.15) is 0 Å². The molecule has 0 aromatic carbocycles. The number of esters is 1. The summed E-state index contributed by atoms with van der Waals surface area (Å²) in [4.78, 5) is 25.1. The van der Waals surface area contributed by atoms with E-state index in [1.165, 1.54) is 0 Å². The standard InChI is InChI=1S/C13H20N6O6/c14-10-17-9-6(5-25-8(22)2-1-7(20)21)16-11(15)19-4-3-12(23,24)13(9,19)18-10/h6,9,23-24H,1-5H2,(H6,14,15,16,17,18,20,21)/p+2. The maximum absolute atomic E-state index is 11.7. The highest BCUT2D eigenvalue weighted by Gasteiger charge is 2.74. The van der Waals surface area contributed by atoms with E-state index in [-0.39, 0.29) is 44.3 Å². The minimum atomic E-state index is -2.12. The predicted octanol–water partition coefficient (Wildman–Crippen LogP) is -6.16. The fraction of sp³-hybridized carbons (Fsp3) is 0.692. The van der Waals surface area contributed by atoms with E-state index in [1.54, 1.807) is 4.58 Å². The molecule has 1 fully saturated rings. The van der Waals surface area contributed by atoms with Crippen molar-refractivity contribution in [1.82, 2.24) is 10.6 Å². The molecule has 0 aromatic heterocycles. The zero-order valence-corrected chi connectivity index (χ0v) is 13.4. The van der Waals surface area contributed by atoms with Crippen LogP contribution in [-0.2, 0) is 14.3 Å². The van der Waals surface area contributed by atoms with Crippen molar-refractivity contribution in [2.45, 2.75) is 42.8 Å². The Balaban J connectivity index is 1.79. The Morgan fingerprint density at radius 2 is 2.08 bits per heavy atom. The smallest absolute Gasteiger partial charge is 0.347 e. The molecule has 3 rings (SSSR count). The third kappa shape index (κ3) is 2.62. The van der Waals surface area contributed by atoms with Gasteiger partial charge in [0.2, 0.25) is 5.79 Å². The highest BCUT2D eigenvalue weighted by Crippen LogP contribution is 2.36. The second kappa shape index (κ2) is 5.74. The van der Waals surface area contributed by atoms with Gasteiger partial charge in [0.15, 0.2) is 6.04 Å². The van der Waals surface area contributed by atoms with Gasteiger partial charge in [0.05, 0.1) is 19.4 Å². The fourth-order valence-electron chi connectivity index (χ4n) is 3.68. The number of carboxylic acid groups (broad SMARTS) is 1. The van der Waals surface area contributed by atoms with Crippen molar-refractivity contribution in [3.63, 3.8) is 0 Å². The Labute approximate surface area is 142 Å². The van der Waals surface area contributed by atoms with Crippen LogP contribution in [0.25, 0.3) is 0 Å². The third-order valence-corrected chi connectivity index (χ3v) is 4.80. The van der Waals surface area contributed by atoms with Crippen LogP contribution in [0.4, 0.5) is 0 Å². The van der Waals surface area contributed by atoms with Gasteiger partial charge in [0.25, 0.3) is 5.66 Å². The number of aliphatic hydroxyl groups is 2. The number of nitrogens with zero attached hydrogens (tertiary/aromatic N) is 1. The molecule has 0 amide bonds. The van der Waals surface area contributed by atoms with Gasteiger partial charge in [0, 0.05) is 6.42 Å². The molecule has 3 atom stereocenters. The van der Waals surface area contributed by atoms with Crippen LogP contribution < -0.4 is 27.1 Å². The molecule has 0 saturated carbocycles. The molecule has 10 N–H and O–H groups in total. The molecule has 1 spiro atoms. The Bertz CT molecular complexity index is 676. The van der Waals surface area contributed by atoms with Crippen molar-refractivity contribution in [2.24, 2.45) is 11.5 Å². The lowest BCUT2D eigenvalue weighted by Gasteiger charge is -2.40. The monoisotopic (exact) mass is 358 g/mol. The summed E-state index contributed by atoms with van der Waals surface area (Å²) < 4.78 is 6.68. The average molecular weight is 358 g/mol. The molecular formula is C13H22N6O6+2. The maximum Gasteiger partial charge on any atom is 0.347 e. The second-order valence-corrected chi connectivity index (χ2v) is 6.36. The molecule has 1 saturated heterocycles. The number of ether oxygens (including phenoxy) is 1. The first-order chi connectivity index (χ1) is 11.7. The van der Waals surface area contributed by atoms with Crippen molar-refractivity contribution < 1.29 is 39.2 Å². The zero-order valence-electron chi connectivity index (χ0n) is 13.4. The summed E-state index contributed by atoms with van der Waals surface area (Å²) in [5, 5.41) is 35.4. The Kier molecular flexibility index (Phi) is 3.95. The molecule has 138 valence electrons. The summed E-state index contributed by atoms with van der Waals surface area (Å²) in [7, 11) is 0. The molecule has 0 radical (unpaired) electrons. The van der Waals surface area contributed by atoms with Crippen molar-refractivity contribution in [2.75, 3.05) is 13.2 Å². The highest BCUT2D eigenvalue weighted by molar-refractivity contribution is 5.78. The molecule has 12 heteroatoms. The Morgan fingerprint density at radius 1 is 1.36 bits per heavy atom. The van der Waals surface area contributed by atoms with Crippen LogP contribution in [0.15, 0.2) is 0 Å². The number of hydrogen-bond acceptors (Lipinski definition) is 9. The fourth-order valence-corrected chi connectivity index (χ4v) is 3.68. The highest BCUT2D eigenvalue weighted by atomic mass is 16.5. The lowest BCUT2D eigenvalue weighted by atomic mass is 9.87. The number of aliphatic carboxylic acids is 1. The number of nitrogens with two attached hydrogens (primary N) is 2. The van der Waals surface area contributed by atoms with Crippen LogP contribution in [0, 0.1) is 0 Å². The molecule has 25 heavy (non-hydrogen) atoms. The zero-order chi connectivity index (χ0) is 18.4. The summed E-state index contributed by atoms with van der Waals surface area (Å²) in [6.07, 6.45) is -0.546. The maximum atomic E-state index is 11.7. The van der Waals surface area contributed by atoms with Crippen molar-refractivity contribution in [3.05, 3.63) is 0 Å². The molecule has 3 aliphatic rings. The van der Waals surface area contributed by atoms with Crippen molar-refractivity contribution >= 4 is 23.9 Å². The second-order valence-electron chi connectivity index (χ2n) is 6.36. The molecular weight excluding hydrogens is 336 g/mol. The normalized spacial score (nSPS) is 32.2. The van der Waals surface area contributed by atoms with E-state index in [2.05, 4.69) is 15.6 Å². The van der Waals surface area contributed by atoms with E-state index >= 15 is 0 Å². The van der Waals surface area contributed by atoms with Gasteiger partial charge in [0.1, 0.15) is 12.6 Å². The minimum Gasteiger partial charge on any atom is -0.481 e. The van der Waals surface area contributed by atoms with Gasteiger partial charge < -0.3 is 20.1 Å². The lowest BCUT2D eigenvalue weighted by Crippen LogP contribution is -2.91. The first-order valence-electron chi connectivity index (χ1n) is 7.83. The SMILES string of the molecule is NC1=[NH+]C2C(COC(=O)CCC(=O)O)NC(N)=[N+]3CCC(O)(O)C23N1. The van der Waals surface area contributed by atoms with Crippen LogP contribution >= 0.6 is 0 Å². The number of carboxylic acids is 1. The van der Waals surface area contributed by atoms with E-state index in [9.17, 15) is 19.8 Å². The lowest BCUT2D eigenvalue weighted by molar-refractivity contribution is -0.674. The van der Waals surface area contributed by atoms with Crippen molar-refractivity contribution in [1.29, 1.82) is 0 Å². The molecule has 0 bridgehead atoms. The first kappa shape index (κ1) is 17.2. The first-order valence-corrected chi connectivity index (χ1v) is 7.83. The predicted molar refractivity (Wildman–Crippen MR) is 80.7 cm³/mol. The van der Waals surface area contributed by atoms with Gasteiger partial charge in [-0.3, -0.25) is 31.4 Å². The summed E-state index contributed by atoms with van der Waals surface area (Å²) >= 11 is 0. The number of hydrogen-bond donors (Lipinski definition) is 8. The molecule has 3 aliphatic heterocycles. The minimum absolute atomic E-state index is 0.0406. The van der Waals surface area contributed by atoms with Crippen LogP contribution in [0.3, 0.4) is 0 Å².